The zero-order chi connectivity index (χ0) is 21.1. The van der Waals surface area contributed by atoms with Crippen LogP contribution in [0.4, 0.5) is 5.82 Å². The third-order valence-electron chi connectivity index (χ3n) is 6.77. The van der Waals surface area contributed by atoms with Gasteiger partial charge >= 0.3 is 0 Å². The molecule has 8 nitrogen and oxygen atoms in total. The Morgan fingerprint density at radius 2 is 1.70 bits per heavy atom. The quantitative estimate of drug-likeness (QED) is 0.743. The van der Waals surface area contributed by atoms with Gasteiger partial charge in [-0.2, -0.15) is 0 Å². The summed E-state index contributed by atoms with van der Waals surface area (Å²) >= 11 is 0. The molecular formula is C22H34N6O2. The Balaban J connectivity index is 1.32. The number of rotatable bonds is 4. The fraction of sp³-hybridized carbons (Fsp3) is 0.727. The lowest BCUT2D eigenvalue weighted by atomic mass is 9.93. The lowest BCUT2D eigenvalue weighted by Gasteiger charge is -2.42. The molecule has 1 aromatic heterocycles. The first kappa shape index (κ1) is 21.0. The molecule has 3 aliphatic rings. The van der Waals surface area contributed by atoms with Gasteiger partial charge in [0.05, 0.1) is 18.3 Å². The lowest BCUT2D eigenvalue weighted by Crippen LogP contribution is -2.51. The lowest BCUT2D eigenvalue weighted by molar-refractivity contribution is -0.136. The van der Waals surface area contributed by atoms with Crippen molar-refractivity contribution in [2.45, 2.75) is 44.6 Å². The van der Waals surface area contributed by atoms with Gasteiger partial charge in [0.2, 0.25) is 5.91 Å². The Labute approximate surface area is 179 Å². The van der Waals surface area contributed by atoms with E-state index in [0.717, 1.165) is 83.6 Å². The minimum absolute atomic E-state index is 0.124. The predicted molar refractivity (Wildman–Crippen MR) is 115 cm³/mol. The fourth-order valence-electron chi connectivity index (χ4n) is 5.04. The number of hydrogen-bond acceptors (Lipinski definition) is 6. The Kier molecular flexibility index (Phi) is 6.51. The largest absolute Gasteiger partial charge is 0.355 e. The molecule has 3 fully saturated rings. The van der Waals surface area contributed by atoms with Gasteiger partial charge in [-0.15, -0.1) is 0 Å². The first-order chi connectivity index (χ1) is 14.5. The molecule has 0 bridgehead atoms. The van der Waals surface area contributed by atoms with Crippen LogP contribution in [0, 0.1) is 5.92 Å². The normalized spacial score (nSPS) is 23.6. The number of amides is 2. The van der Waals surface area contributed by atoms with E-state index < -0.39 is 0 Å². The number of aromatic nitrogens is 2. The number of carbonyl (C=O) groups is 2. The summed E-state index contributed by atoms with van der Waals surface area (Å²) in [5, 5.41) is 0. The van der Waals surface area contributed by atoms with E-state index in [1.54, 1.807) is 20.3 Å². The molecule has 3 saturated heterocycles. The highest BCUT2D eigenvalue weighted by atomic mass is 16.2. The molecule has 0 aromatic carbocycles. The third-order valence-corrected chi connectivity index (χ3v) is 6.77. The van der Waals surface area contributed by atoms with Gasteiger partial charge < -0.3 is 14.7 Å². The minimum atomic E-state index is -0.124. The smallest absolute Gasteiger partial charge is 0.273 e. The van der Waals surface area contributed by atoms with Crippen LogP contribution >= 0.6 is 0 Å². The summed E-state index contributed by atoms with van der Waals surface area (Å²) in [5.74, 6) is 1.21. The molecule has 4 rings (SSSR count). The van der Waals surface area contributed by atoms with E-state index in [1.807, 2.05) is 0 Å². The summed E-state index contributed by atoms with van der Waals surface area (Å²) in [6, 6.07) is 0.523. The molecule has 8 heteroatoms. The summed E-state index contributed by atoms with van der Waals surface area (Å²) in [5.41, 5.74) is 0.388. The van der Waals surface area contributed by atoms with Crippen molar-refractivity contribution >= 4 is 17.6 Å². The van der Waals surface area contributed by atoms with E-state index in [2.05, 4.69) is 24.7 Å². The molecule has 3 aliphatic heterocycles. The highest BCUT2D eigenvalue weighted by Crippen LogP contribution is 2.27. The van der Waals surface area contributed by atoms with Crippen LogP contribution < -0.4 is 4.90 Å². The maximum atomic E-state index is 12.8. The van der Waals surface area contributed by atoms with Gasteiger partial charge in [-0.3, -0.25) is 19.5 Å². The average Bonchev–Trinajstić information content (AvgIpc) is 3.33. The number of anilines is 1. The van der Waals surface area contributed by atoms with E-state index in [-0.39, 0.29) is 11.8 Å². The molecule has 0 spiro atoms. The van der Waals surface area contributed by atoms with E-state index in [4.69, 9.17) is 0 Å². The summed E-state index contributed by atoms with van der Waals surface area (Å²) in [6.45, 7) is 5.71. The molecule has 0 saturated carbocycles. The van der Waals surface area contributed by atoms with Crippen molar-refractivity contribution in [2.75, 3.05) is 58.3 Å². The second kappa shape index (κ2) is 9.29. The van der Waals surface area contributed by atoms with Crippen molar-refractivity contribution in [3.05, 3.63) is 18.1 Å². The van der Waals surface area contributed by atoms with E-state index in [9.17, 15) is 9.59 Å². The number of nitrogens with zero attached hydrogens (tertiary/aromatic N) is 6. The summed E-state index contributed by atoms with van der Waals surface area (Å²) < 4.78 is 0. The molecular weight excluding hydrogens is 380 g/mol. The Hall–Kier alpha value is -2.22. The maximum Gasteiger partial charge on any atom is 0.273 e. The van der Waals surface area contributed by atoms with Crippen molar-refractivity contribution < 1.29 is 9.59 Å². The standard InChI is InChI=1S/C22H34N6O2/c1-25(2)22(30)19-14-23-15-20(24-19)26-12-7-18(8-13-26)28-11-5-6-17(16-28)21(29)27-9-3-4-10-27/h14-15,17-18H,3-13,16H2,1-2H3/t17-/m0/s1. The van der Waals surface area contributed by atoms with Crippen LogP contribution in [0.15, 0.2) is 12.4 Å². The van der Waals surface area contributed by atoms with Gasteiger partial charge in [-0.1, -0.05) is 0 Å². The van der Waals surface area contributed by atoms with Gasteiger partial charge in [0, 0.05) is 52.9 Å². The summed E-state index contributed by atoms with van der Waals surface area (Å²) in [4.78, 5) is 42.2. The van der Waals surface area contributed by atoms with E-state index in [1.165, 1.54) is 11.1 Å². The molecule has 2 amide bonds. The van der Waals surface area contributed by atoms with Crippen molar-refractivity contribution in [3.63, 3.8) is 0 Å². The summed E-state index contributed by atoms with van der Waals surface area (Å²) in [6.07, 6.45) is 9.85. The summed E-state index contributed by atoms with van der Waals surface area (Å²) in [7, 11) is 3.45. The maximum absolute atomic E-state index is 12.8. The van der Waals surface area contributed by atoms with E-state index in [0.29, 0.717) is 17.6 Å². The fourth-order valence-corrected chi connectivity index (χ4v) is 5.04. The highest BCUT2D eigenvalue weighted by molar-refractivity contribution is 5.91. The Morgan fingerprint density at radius 1 is 0.967 bits per heavy atom. The predicted octanol–water partition coefficient (Wildman–Crippen LogP) is 1.48. The van der Waals surface area contributed by atoms with Crippen molar-refractivity contribution in [1.29, 1.82) is 0 Å². The number of likely N-dealkylation sites (tertiary alicyclic amines) is 2. The topological polar surface area (TPSA) is 72.9 Å². The molecule has 0 unspecified atom stereocenters. The van der Waals surface area contributed by atoms with Crippen LogP contribution in [0.3, 0.4) is 0 Å². The molecule has 4 heterocycles. The van der Waals surface area contributed by atoms with Gasteiger partial charge in [-0.25, -0.2) is 4.98 Å². The SMILES string of the molecule is CN(C)C(=O)c1cncc(N2CCC(N3CCC[C@H](C(=O)N4CCCC4)C3)CC2)n1. The molecule has 30 heavy (non-hydrogen) atoms. The molecule has 0 aliphatic carbocycles. The first-order valence-corrected chi connectivity index (χ1v) is 11.3. The number of piperidine rings is 2. The van der Waals surface area contributed by atoms with Crippen LogP contribution in [0.25, 0.3) is 0 Å². The molecule has 1 aromatic rings. The second-order valence-electron chi connectivity index (χ2n) is 9.05. The van der Waals surface area contributed by atoms with Crippen LogP contribution in [-0.4, -0.2) is 95.9 Å². The Bertz CT molecular complexity index is 756. The van der Waals surface area contributed by atoms with Crippen LogP contribution in [0.2, 0.25) is 0 Å². The minimum Gasteiger partial charge on any atom is -0.355 e. The van der Waals surface area contributed by atoms with Crippen molar-refractivity contribution in [3.8, 4) is 0 Å². The highest BCUT2D eigenvalue weighted by Gasteiger charge is 2.34. The van der Waals surface area contributed by atoms with Crippen LogP contribution in [0.5, 0.6) is 0 Å². The average molecular weight is 415 g/mol. The number of carbonyl (C=O) groups excluding carboxylic acids is 2. The number of hydrogen-bond donors (Lipinski definition) is 0. The molecule has 164 valence electrons. The van der Waals surface area contributed by atoms with Gasteiger partial charge in [-0.05, 0) is 45.1 Å². The third kappa shape index (κ3) is 4.58. The second-order valence-corrected chi connectivity index (χ2v) is 9.05. The van der Waals surface area contributed by atoms with Gasteiger partial charge in [0.25, 0.3) is 5.91 Å². The zero-order valence-corrected chi connectivity index (χ0v) is 18.3. The monoisotopic (exact) mass is 414 g/mol. The van der Waals surface area contributed by atoms with Crippen LogP contribution in [0.1, 0.15) is 49.0 Å². The first-order valence-electron chi connectivity index (χ1n) is 11.3. The molecule has 0 N–H and O–H groups in total. The van der Waals surface area contributed by atoms with Crippen LogP contribution in [-0.2, 0) is 4.79 Å². The van der Waals surface area contributed by atoms with E-state index >= 15 is 0 Å². The van der Waals surface area contributed by atoms with Crippen molar-refractivity contribution in [2.24, 2.45) is 5.92 Å². The molecule has 1 atom stereocenters. The van der Waals surface area contributed by atoms with Gasteiger partial charge in [0.15, 0.2) is 0 Å². The van der Waals surface area contributed by atoms with Crippen molar-refractivity contribution in [1.82, 2.24) is 24.7 Å². The molecule has 0 radical (unpaired) electrons. The van der Waals surface area contributed by atoms with Gasteiger partial charge in [0.1, 0.15) is 11.5 Å². The zero-order valence-electron chi connectivity index (χ0n) is 18.3. The Morgan fingerprint density at radius 3 is 2.40 bits per heavy atom.